The first-order valence-electron chi connectivity index (χ1n) is 13.2. The molecule has 0 aliphatic carbocycles. The number of benzene rings is 2. The van der Waals surface area contributed by atoms with E-state index in [1.807, 2.05) is 0 Å². The Morgan fingerprint density at radius 3 is 1.08 bits per heavy atom. The predicted molar refractivity (Wildman–Crippen MR) is 164 cm³/mol. The Morgan fingerprint density at radius 2 is 0.838 bits per heavy atom. The molecule has 37 heavy (non-hydrogen) atoms. The van der Waals surface area contributed by atoms with Crippen molar-refractivity contribution in [2.45, 2.75) is 131 Å². The molecule has 1 unspecified atom stereocenters. The molecule has 0 aliphatic rings. The normalized spacial score (nSPS) is 13.7. The van der Waals surface area contributed by atoms with Gasteiger partial charge in [-0.1, -0.05) is 0 Å². The third-order valence-electron chi connectivity index (χ3n) is 6.03. The molecular weight excluding hydrogens is 535 g/mol. The van der Waals surface area contributed by atoms with Gasteiger partial charge in [-0.05, 0) is 0 Å². The predicted octanol–water partition coefficient (Wildman–Crippen LogP) is 10.6. The van der Waals surface area contributed by atoms with E-state index in [2.05, 4.69) is 140 Å². The van der Waals surface area contributed by atoms with E-state index in [1.165, 1.54) is 22.3 Å². The zero-order chi connectivity index (χ0) is 27.9. The standard InChI is InChI=1S/2C14H22O.C4H10P.ClH.Cr/c2*1-13(2,3)10-7-8-12(15)11(9-10)14(4,5)6;1-4(2,3)5;;/h2*7-9,15H,1-6H3;5H,1-3H3;1H;/q;;-1;;+3/p-2. The number of halogens is 1. The molecule has 0 saturated carbocycles. The second-order valence-electron chi connectivity index (χ2n) is 15.2. The van der Waals surface area contributed by atoms with Crippen LogP contribution >= 0.6 is 19.6 Å². The zero-order valence-corrected chi connectivity index (χ0v) is 29.2. The first kappa shape index (κ1) is 34.3. The van der Waals surface area contributed by atoms with Crippen LogP contribution in [0.25, 0.3) is 0 Å². The first-order chi connectivity index (χ1) is 16.0. The summed E-state index contributed by atoms with van der Waals surface area (Å²) in [5, 5.41) is 0.130. The molecule has 0 radical (unpaired) electrons. The van der Waals surface area contributed by atoms with Gasteiger partial charge in [0.2, 0.25) is 0 Å². The van der Waals surface area contributed by atoms with Crippen LogP contribution in [0.3, 0.4) is 0 Å². The van der Waals surface area contributed by atoms with Crippen molar-refractivity contribution < 1.29 is 21.9 Å². The summed E-state index contributed by atoms with van der Waals surface area (Å²) in [4.78, 5) is 0. The van der Waals surface area contributed by atoms with Gasteiger partial charge in [0.1, 0.15) is 0 Å². The smallest absolute Gasteiger partial charge is 0.147 e. The van der Waals surface area contributed by atoms with Crippen molar-refractivity contribution in [1.29, 1.82) is 0 Å². The van der Waals surface area contributed by atoms with Crippen molar-refractivity contribution in [2.75, 3.05) is 0 Å². The zero-order valence-electron chi connectivity index (χ0n) is 26.1. The molecule has 2 nitrogen and oxygen atoms in total. The molecule has 0 saturated heterocycles. The molecule has 1 atom stereocenters. The van der Waals surface area contributed by atoms with Gasteiger partial charge in [-0.15, -0.1) is 12.4 Å². The van der Waals surface area contributed by atoms with Crippen LogP contribution in [0.4, 0.5) is 0 Å². The molecule has 2 aromatic rings. The van der Waals surface area contributed by atoms with Crippen LogP contribution < -0.4 is 7.58 Å². The fraction of sp³-hybridized carbons (Fsp3) is 0.625. The Morgan fingerprint density at radius 1 is 0.514 bits per heavy atom. The maximum Gasteiger partial charge on any atom is -0.147 e. The molecule has 5 heteroatoms. The van der Waals surface area contributed by atoms with Gasteiger partial charge in [-0.25, -0.2) is 0 Å². The molecule has 0 fully saturated rings. The summed E-state index contributed by atoms with van der Waals surface area (Å²) < 4.78 is 13.8. The average molecular weight is 588 g/mol. The molecule has 0 N–H and O–H groups in total. The number of rotatable bonds is 5. The largest absolute Gasteiger partial charge is 0.147 e. The first-order valence-corrected chi connectivity index (χ1v) is 17.0. The summed E-state index contributed by atoms with van der Waals surface area (Å²) in [6.07, 6.45) is 0. The van der Waals surface area contributed by atoms with E-state index in [1.54, 1.807) is 0 Å². The fourth-order valence-corrected chi connectivity index (χ4v) is 8.86. The molecule has 2 rings (SSSR count). The van der Waals surface area contributed by atoms with Crippen molar-refractivity contribution in [2.24, 2.45) is 0 Å². The van der Waals surface area contributed by atoms with Crippen LogP contribution in [0.2, 0.25) is 0 Å². The van der Waals surface area contributed by atoms with Crippen LogP contribution in [-0.2, 0) is 36.0 Å². The number of hydrogen-bond acceptors (Lipinski definition) is 2. The summed E-state index contributed by atoms with van der Waals surface area (Å²) in [7, 11) is 0.597. The molecule has 0 aromatic heterocycles. The minimum atomic E-state index is -1.93. The van der Waals surface area contributed by atoms with E-state index in [0.29, 0.717) is 7.23 Å². The van der Waals surface area contributed by atoms with Crippen LogP contribution in [0.5, 0.6) is 11.5 Å². The molecule has 0 spiro atoms. The summed E-state index contributed by atoms with van der Waals surface area (Å²) in [6.45, 7) is 34.1. The quantitative estimate of drug-likeness (QED) is 0.324. The second kappa shape index (κ2) is 11.8. The Bertz CT molecular complexity index is 967. The topological polar surface area (TPSA) is 18.5 Å². The van der Waals surface area contributed by atoms with Crippen LogP contribution in [-0.4, -0.2) is 5.16 Å². The molecule has 0 heterocycles. The maximum atomic E-state index is 6.90. The molecular formula is C32H53ClCrO2P. The Kier molecular flexibility index (Phi) is 11.0. The van der Waals surface area contributed by atoms with Crippen molar-refractivity contribution in [3.63, 3.8) is 0 Å². The maximum absolute atomic E-state index is 6.90. The number of hydrogen-bond donors (Lipinski definition) is 0. The van der Waals surface area contributed by atoms with Gasteiger partial charge < -0.3 is 0 Å². The van der Waals surface area contributed by atoms with E-state index in [0.717, 1.165) is 11.5 Å². The summed E-state index contributed by atoms with van der Waals surface area (Å²) in [5.74, 6) is 1.95. The van der Waals surface area contributed by atoms with Crippen LogP contribution in [0, 0.1) is 0 Å². The van der Waals surface area contributed by atoms with E-state index in [9.17, 15) is 0 Å². The summed E-state index contributed by atoms with van der Waals surface area (Å²) in [5.41, 5.74) is 5.32. The summed E-state index contributed by atoms with van der Waals surface area (Å²) in [6, 6.07) is 13.5. The Labute approximate surface area is 241 Å². The molecule has 211 valence electrons. The third-order valence-corrected chi connectivity index (χ3v) is 12.2. The van der Waals surface area contributed by atoms with Crippen LogP contribution in [0.1, 0.15) is 126 Å². The Balaban J connectivity index is 0.00000684. The average Bonchev–Trinajstić information content (AvgIpc) is 2.63. The van der Waals surface area contributed by atoms with Gasteiger partial charge in [0.05, 0.1) is 0 Å². The molecule has 0 aliphatic heterocycles. The van der Waals surface area contributed by atoms with Crippen molar-refractivity contribution >= 4 is 19.6 Å². The van der Waals surface area contributed by atoms with E-state index in [-0.39, 0.29) is 39.2 Å². The van der Waals surface area contributed by atoms with Gasteiger partial charge in [0.25, 0.3) is 0 Å². The monoisotopic (exact) mass is 587 g/mol. The SMILES string of the molecule is CC(C)(C)[PH][Cr]([O]c1ccc(C(C)(C)C)cc1C(C)(C)C)[O]c1ccc(C(C)(C)C)cc1C(C)(C)C.Cl. The third kappa shape index (κ3) is 10.1. The van der Waals surface area contributed by atoms with Crippen molar-refractivity contribution in [3.05, 3.63) is 58.7 Å². The van der Waals surface area contributed by atoms with E-state index in [4.69, 9.17) is 7.58 Å². The van der Waals surface area contributed by atoms with E-state index < -0.39 is 14.4 Å². The minimum Gasteiger partial charge on any atom is -0.147 e. The molecule has 2 aromatic carbocycles. The van der Waals surface area contributed by atoms with Gasteiger partial charge >= 0.3 is 230 Å². The fourth-order valence-electron chi connectivity index (χ4n) is 3.78. The van der Waals surface area contributed by atoms with Crippen molar-refractivity contribution in [3.8, 4) is 11.5 Å². The van der Waals surface area contributed by atoms with Crippen LogP contribution in [0.15, 0.2) is 36.4 Å². The van der Waals surface area contributed by atoms with Gasteiger partial charge in [-0.2, -0.15) is 0 Å². The minimum absolute atomic E-state index is 0. The molecule has 0 amide bonds. The van der Waals surface area contributed by atoms with Gasteiger partial charge in [0, 0.05) is 0 Å². The van der Waals surface area contributed by atoms with Gasteiger partial charge in [-0.3, -0.25) is 0 Å². The summed E-state index contributed by atoms with van der Waals surface area (Å²) >= 11 is -1.93. The van der Waals surface area contributed by atoms with Gasteiger partial charge in [0.15, 0.2) is 0 Å². The molecule has 0 bridgehead atoms. The second-order valence-corrected chi connectivity index (χ2v) is 20.5. The van der Waals surface area contributed by atoms with Crippen molar-refractivity contribution in [1.82, 2.24) is 0 Å². The Hall–Kier alpha value is -0.708. The van der Waals surface area contributed by atoms with E-state index >= 15 is 0 Å².